The molecule has 0 aromatic carbocycles. The van der Waals surface area contributed by atoms with Crippen molar-refractivity contribution in [2.45, 2.75) is 45.1 Å². The van der Waals surface area contributed by atoms with Gasteiger partial charge in [0.25, 0.3) is 5.56 Å². The van der Waals surface area contributed by atoms with Crippen LogP contribution in [0.1, 0.15) is 49.2 Å². The zero-order valence-electron chi connectivity index (χ0n) is 14.5. The number of amides is 1. The fourth-order valence-corrected chi connectivity index (χ4v) is 3.89. The van der Waals surface area contributed by atoms with Gasteiger partial charge in [-0.15, -0.1) is 11.3 Å². The molecule has 1 amide bonds. The normalized spacial score (nSPS) is 14.1. The van der Waals surface area contributed by atoms with Crippen LogP contribution in [0.3, 0.4) is 0 Å². The maximum absolute atomic E-state index is 12.8. The van der Waals surface area contributed by atoms with Gasteiger partial charge in [0.15, 0.2) is 0 Å². The van der Waals surface area contributed by atoms with Gasteiger partial charge in [-0.3, -0.25) is 9.59 Å². The lowest BCUT2D eigenvalue weighted by atomic mass is 10.1. The summed E-state index contributed by atoms with van der Waals surface area (Å²) in [6, 6.07) is 1.63. The Morgan fingerprint density at radius 2 is 2.19 bits per heavy atom. The first-order valence-electron chi connectivity index (χ1n) is 8.51. The van der Waals surface area contributed by atoms with Crippen molar-refractivity contribution in [3.63, 3.8) is 0 Å². The van der Waals surface area contributed by atoms with Crippen LogP contribution in [0.25, 0.3) is 10.2 Å². The third-order valence-electron chi connectivity index (χ3n) is 4.18. The number of hydrogen-bond acceptors (Lipinski definition) is 7. The number of carbonyl (C=O) groups excluding carboxylic acids is 1. The summed E-state index contributed by atoms with van der Waals surface area (Å²) in [5, 5.41) is 15.5. The van der Waals surface area contributed by atoms with E-state index in [9.17, 15) is 9.59 Å². The SMILES string of the molecule is CC(C)c1nn(CC(=O)Nc2ccnnc2)c(=O)c2sc(C3CC3)nc12. The number of carbonyl (C=O) groups is 1. The lowest BCUT2D eigenvalue weighted by Gasteiger charge is -2.10. The van der Waals surface area contributed by atoms with Gasteiger partial charge in [0.1, 0.15) is 16.8 Å². The summed E-state index contributed by atoms with van der Waals surface area (Å²) in [7, 11) is 0. The predicted octanol–water partition coefficient (Wildman–Crippen LogP) is 2.28. The molecule has 0 saturated heterocycles. The Bertz CT molecular complexity index is 1020. The summed E-state index contributed by atoms with van der Waals surface area (Å²) >= 11 is 1.44. The van der Waals surface area contributed by atoms with E-state index in [1.54, 1.807) is 6.07 Å². The molecule has 26 heavy (non-hydrogen) atoms. The first-order valence-corrected chi connectivity index (χ1v) is 9.32. The molecule has 9 heteroatoms. The molecule has 3 heterocycles. The van der Waals surface area contributed by atoms with E-state index in [1.165, 1.54) is 28.4 Å². The highest BCUT2D eigenvalue weighted by atomic mass is 32.1. The molecule has 0 atom stereocenters. The van der Waals surface area contributed by atoms with Crippen LogP contribution in [0.2, 0.25) is 0 Å². The van der Waals surface area contributed by atoms with Crippen LogP contribution < -0.4 is 10.9 Å². The molecular formula is C17H18N6O2S. The van der Waals surface area contributed by atoms with Crippen molar-refractivity contribution in [2.24, 2.45) is 0 Å². The van der Waals surface area contributed by atoms with Crippen molar-refractivity contribution in [3.8, 4) is 0 Å². The Balaban J connectivity index is 1.69. The molecule has 0 bridgehead atoms. The molecule has 0 unspecified atom stereocenters. The Hall–Kier alpha value is -2.68. The summed E-state index contributed by atoms with van der Waals surface area (Å²) in [5.41, 5.74) is 1.70. The van der Waals surface area contributed by atoms with Crippen molar-refractivity contribution < 1.29 is 4.79 Å². The lowest BCUT2D eigenvalue weighted by molar-refractivity contribution is -0.117. The fraction of sp³-hybridized carbons (Fsp3) is 0.412. The minimum atomic E-state index is -0.339. The summed E-state index contributed by atoms with van der Waals surface area (Å²) < 4.78 is 1.82. The van der Waals surface area contributed by atoms with Crippen molar-refractivity contribution in [1.29, 1.82) is 0 Å². The summed E-state index contributed by atoms with van der Waals surface area (Å²) in [6.07, 6.45) is 5.18. The maximum atomic E-state index is 12.8. The second-order valence-electron chi connectivity index (χ2n) is 6.69. The summed E-state index contributed by atoms with van der Waals surface area (Å²) in [6.45, 7) is 3.86. The molecule has 0 radical (unpaired) electrons. The van der Waals surface area contributed by atoms with Crippen LogP contribution in [-0.2, 0) is 11.3 Å². The topological polar surface area (TPSA) is 103 Å². The minimum Gasteiger partial charge on any atom is -0.323 e. The first kappa shape index (κ1) is 16.8. The van der Waals surface area contributed by atoms with Crippen molar-refractivity contribution in [2.75, 3.05) is 5.32 Å². The number of thiazole rings is 1. The van der Waals surface area contributed by atoms with Gasteiger partial charge in [-0.1, -0.05) is 13.8 Å². The quantitative estimate of drug-likeness (QED) is 0.739. The average Bonchev–Trinajstić information content (AvgIpc) is 3.37. The molecule has 0 aliphatic heterocycles. The van der Waals surface area contributed by atoms with E-state index in [0.717, 1.165) is 23.5 Å². The summed E-state index contributed by atoms with van der Waals surface area (Å²) in [4.78, 5) is 29.8. The van der Waals surface area contributed by atoms with Crippen molar-refractivity contribution in [1.82, 2.24) is 25.0 Å². The fourth-order valence-electron chi connectivity index (χ4n) is 2.70. The highest BCUT2D eigenvalue weighted by Gasteiger charge is 2.29. The standard InChI is InChI=1S/C17H18N6O2S/c1-9(2)13-14-15(26-16(21-14)10-3-4-10)17(25)23(22-13)8-12(24)20-11-5-6-18-19-7-11/h5-7,9-10H,3-4,8H2,1-2H3,(H,18,20,24). The van der Waals surface area contributed by atoms with Gasteiger partial charge in [-0.2, -0.15) is 15.3 Å². The van der Waals surface area contributed by atoms with E-state index in [0.29, 0.717) is 21.8 Å². The van der Waals surface area contributed by atoms with E-state index < -0.39 is 0 Å². The zero-order chi connectivity index (χ0) is 18.3. The molecule has 3 aromatic rings. The van der Waals surface area contributed by atoms with Gasteiger partial charge in [0.2, 0.25) is 5.91 Å². The van der Waals surface area contributed by atoms with Crippen LogP contribution in [0.15, 0.2) is 23.3 Å². The van der Waals surface area contributed by atoms with Crippen molar-refractivity contribution in [3.05, 3.63) is 39.5 Å². The number of nitrogens with one attached hydrogen (secondary N) is 1. The molecule has 8 nitrogen and oxygen atoms in total. The third-order valence-corrected chi connectivity index (χ3v) is 5.38. The van der Waals surface area contributed by atoms with E-state index >= 15 is 0 Å². The molecule has 1 N–H and O–H groups in total. The third kappa shape index (κ3) is 3.22. The Morgan fingerprint density at radius 1 is 1.38 bits per heavy atom. The molecule has 4 rings (SSSR count). The Labute approximate surface area is 153 Å². The average molecular weight is 370 g/mol. The molecule has 3 aromatic heterocycles. The molecule has 1 fully saturated rings. The Morgan fingerprint density at radius 3 is 2.85 bits per heavy atom. The second-order valence-corrected chi connectivity index (χ2v) is 7.72. The number of rotatable bonds is 5. The highest BCUT2D eigenvalue weighted by molar-refractivity contribution is 7.18. The number of aromatic nitrogens is 5. The number of hydrogen-bond donors (Lipinski definition) is 1. The van der Waals surface area contributed by atoms with Crippen LogP contribution >= 0.6 is 11.3 Å². The van der Waals surface area contributed by atoms with Gasteiger partial charge >= 0.3 is 0 Å². The van der Waals surface area contributed by atoms with Crippen molar-refractivity contribution >= 4 is 33.1 Å². The Kier molecular flexibility index (Phi) is 4.23. The molecular weight excluding hydrogens is 352 g/mol. The number of fused-ring (bicyclic) bond motifs is 1. The van der Waals surface area contributed by atoms with Crippen LogP contribution in [0.4, 0.5) is 5.69 Å². The van der Waals surface area contributed by atoms with Gasteiger partial charge < -0.3 is 5.32 Å². The largest absolute Gasteiger partial charge is 0.323 e. The van der Waals surface area contributed by atoms with E-state index in [-0.39, 0.29) is 23.9 Å². The monoisotopic (exact) mass is 370 g/mol. The van der Waals surface area contributed by atoms with Gasteiger partial charge in [-0.05, 0) is 24.8 Å². The first-order chi connectivity index (χ1) is 12.5. The van der Waals surface area contributed by atoms with E-state index in [2.05, 4.69) is 25.6 Å². The minimum absolute atomic E-state index is 0.103. The maximum Gasteiger partial charge on any atom is 0.286 e. The molecule has 1 aliphatic carbocycles. The van der Waals surface area contributed by atoms with Gasteiger partial charge in [-0.25, -0.2) is 9.67 Å². The van der Waals surface area contributed by atoms with E-state index in [4.69, 9.17) is 0 Å². The van der Waals surface area contributed by atoms with Crippen LogP contribution in [-0.4, -0.2) is 30.9 Å². The van der Waals surface area contributed by atoms with Gasteiger partial charge in [0.05, 0.1) is 28.8 Å². The number of nitrogens with zero attached hydrogens (tertiary/aromatic N) is 5. The molecule has 1 aliphatic rings. The molecule has 134 valence electrons. The van der Waals surface area contributed by atoms with E-state index in [1.807, 2.05) is 13.8 Å². The smallest absolute Gasteiger partial charge is 0.286 e. The predicted molar refractivity (Wildman–Crippen MR) is 98.4 cm³/mol. The van der Waals surface area contributed by atoms with Crippen LogP contribution in [0, 0.1) is 0 Å². The zero-order valence-corrected chi connectivity index (χ0v) is 15.3. The molecule has 0 spiro atoms. The molecule has 1 saturated carbocycles. The lowest BCUT2D eigenvalue weighted by Crippen LogP contribution is -2.30. The highest BCUT2D eigenvalue weighted by Crippen LogP contribution is 2.43. The summed E-state index contributed by atoms with van der Waals surface area (Å²) in [5.74, 6) is 0.238. The van der Waals surface area contributed by atoms with Gasteiger partial charge in [0, 0.05) is 5.92 Å². The number of anilines is 1. The van der Waals surface area contributed by atoms with Crippen LogP contribution in [0.5, 0.6) is 0 Å². The second kappa shape index (κ2) is 6.56.